The average Bonchev–Trinajstić information content (AvgIpc) is 2.13. The Morgan fingerprint density at radius 3 is 2.57 bits per heavy atom. The van der Waals surface area contributed by atoms with Crippen molar-refractivity contribution in [3.63, 3.8) is 0 Å². The van der Waals surface area contributed by atoms with Gasteiger partial charge in [-0.25, -0.2) is 0 Å². The number of carbonyl (C=O) groups excluding carboxylic acids is 2. The second-order valence-electron chi connectivity index (χ2n) is 2.98. The van der Waals surface area contributed by atoms with E-state index in [1.54, 1.807) is 0 Å². The molecule has 1 amide bonds. The number of hydrogen-bond acceptors (Lipinski definition) is 4. The zero-order chi connectivity index (χ0) is 11.1. The topological polar surface area (TPSA) is 109 Å². The lowest BCUT2D eigenvalue weighted by molar-refractivity contribution is -0.138. The molecule has 80 valence electrons. The molecule has 0 aromatic heterocycles. The smallest absolute Gasteiger partial charge is 0.320 e. The van der Waals surface area contributed by atoms with Crippen LogP contribution in [0, 0.1) is 0 Å². The van der Waals surface area contributed by atoms with Crippen LogP contribution in [-0.2, 0) is 14.4 Å². The van der Waals surface area contributed by atoms with Crippen molar-refractivity contribution < 1.29 is 19.5 Å². The van der Waals surface area contributed by atoms with E-state index in [1.165, 1.54) is 6.92 Å². The molecule has 2 atom stereocenters. The van der Waals surface area contributed by atoms with Crippen LogP contribution in [0.4, 0.5) is 0 Å². The molecule has 0 rings (SSSR count). The SMILES string of the molecule is C[C@H](C=O)NC(=O)CC[C@@H](N)C(=O)O. The zero-order valence-corrected chi connectivity index (χ0v) is 7.90. The number of amides is 1. The van der Waals surface area contributed by atoms with Crippen molar-refractivity contribution in [3.05, 3.63) is 0 Å². The van der Waals surface area contributed by atoms with Gasteiger partial charge in [0.15, 0.2) is 0 Å². The highest BCUT2D eigenvalue weighted by molar-refractivity contribution is 5.80. The predicted octanol–water partition coefficient (Wildman–Crippen LogP) is -1.12. The molecule has 0 aromatic rings. The molecule has 6 nitrogen and oxygen atoms in total. The van der Waals surface area contributed by atoms with Crippen molar-refractivity contribution in [2.45, 2.75) is 31.8 Å². The third-order valence-electron chi connectivity index (χ3n) is 1.59. The molecule has 0 unspecified atom stereocenters. The Morgan fingerprint density at radius 1 is 1.57 bits per heavy atom. The summed E-state index contributed by atoms with van der Waals surface area (Å²) in [5.74, 6) is -1.51. The third kappa shape index (κ3) is 5.26. The van der Waals surface area contributed by atoms with Gasteiger partial charge in [0.25, 0.3) is 0 Å². The van der Waals surface area contributed by atoms with Crippen LogP contribution in [-0.4, -0.2) is 35.4 Å². The van der Waals surface area contributed by atoms with Gasteiger partial charge < -0.3 is 21.0 Å². The van der Waals surface area contributed by atoms with E-state index in [0.29, 0.717) is 6.29 Å². The molecule has 0 saturated carbocycles. The van der Waals surface area contributed by atoms with Crippen LogP contribution in [0.2, 0.25) is 0 Å². The van der Waals surface area contributed by atoms with Crippen LogP contribution in [0.1, 0.15) is 19.8 Å². The van der Waals surface area contributed by atoms with Crippen molar-refractivity contribution >= 4 is 18.2 Å². The number of aliphatic carboxylic acids is 1. The van der Waals surface area contributed by atoms with E-state index in [0.717, 1.165) is 0 Å². The molecule has 0 radical (unpaired) electrons. The van der Waals surface area contributed by atoms with E-state index in [9.17, 15) is 14.4 Å². The number of rotatable bonds is 6. The molecule has 0 heterocycles. The monoisotopic (exact) mass is 202 g/mol. The van der Waals surface area contributed by atoms with Gasteiger partial charge in [0.1, 0.15) is 12.3 Å². The Balaban J connectivity index is 3.74. The summed E-state index contributed by atoms with van der Waals surface area (Å²) in [6.45, 7) is 1.53. The Morgan fingerprint density at radius 2 is 2.14 bits per heavy atom. The molecule has 4 N–H and O–H groups in total. The summed E-state index contributed by atoms with van der Waals surface area (Å²) in [7, 11) is 0. The minimum Gasteiger partial charge on any atom is -0.480 e. The van der Waals surface area contributed by atoms with Gasteiger partial charge in [-0.05, 0) is 13.3 Å². The lowest BCUT2D eigenvalue weighted by Gasteiger charge is -2.08. The normalized spacial score (nSPS) is 14.1. The lowest BCUT2D eigenvalue weighted by atomic mass is 10.1. The van der Waals surface area contributed by atoms with Gasteiger partial charge in [0, 0.05) is 6.42 Å². The number of carboxylic acids is 1. The maximum Gasteiger partial charge on any atom is 0.320 e. The molecule has 0 aliphatic carbocycles. The standard InChI is InChI=1S/C8H14N2O4/c1-5(4-11)10-7(12)3-2-6(9)8(13)14/h4-6H,2-3,9H2,1H3,(H,10,12)(H,13,14)/t5-,6-/m1/s1. The number of aldehydes is 1. The predicted molar refractivity (Wildman–Crippen MR) is 48.5 cm³/mol. The Hall–Kier alpha value is -1.43. The van der Waals surface area contributed by atoms with E-state index >= 15 is 0 Å². The largest absolute Gasteiger partial charge is 0.480 e. The summed E-state index contributed by atoms with van der Waals surface area (Å²) in [5.41, 5.74) is 5.18. The highest BCUT2D eigenvalue weighted by Crippen LogP contribution is 1.95. The first-order valence-corrected chi connectivity index (χ1v) is 4.20. The minimum atomic E-state index is -1.14. The van der Waals surface area contributed by atoms with Crippen molar-refractivity contribution in [1.29, 1.82) is 0 Å². The number of carboxylic acid groups (broad SMARTS) is 1. The number of nitrogens with two attached hydrogens (primary N) is 1. The summed E-state index contributed by atoms with van der Waals surface area (Å²) in [4.78, 5) is 31.5. The van der Waals surface area contributed by atoms with Crippen molar-refractivity contribution in [3.8, 4) is 0 Å². The molecule has 14 heavy (non-hydrogen) atoms. The maximum atomic E-state index is 11.0. The van der Waals surface area contributed by atoms with Crippen LogP contribution >= 0.6 is 0 Å². The molecule has 0 fully saturated rings. The third-order valence-corrected chi connectivity index (χ3v) is 1.59. The Kier molecular flexibility index (Phi) is 5.47. The molecular weight excluding hydrogens is 188 g/mol. The molecule has 0 bridgehead atoms. The number of hydrogen-bond donors (Lipinski definition) is 3. The summed E-state index contributed by atoms with van der Waals surface area (Å²) in [5, 5.41) is 10.8. The Labute approximate surface area is 81.5 Å². The van der Waals surface area contributed by atoms with Gasteiger partial charge in [0.2, 0.25) is 5.91 Å². The number of carbonyl (C=O) groups is 3. The van der Waals surface area contributed by atoms with Gasteiger partial charge in [-0.15, -0.1) is 0 Å². The first-order valence-electron chi connectivity index (χ1n) is 4.20. The second-order valence-corrected chi connectivity index (χ2v) is 2.98. The first kappa shape index (κ1) is 12.6. The molecule has 0 aromatic carbocycles. The summed E-state index contributed by atoms with van der Waals surface area (Å²) in [6, 6.07) is -1.59. The van der Waals surface area contributed by atoms with E-state index in [4.69, 9.17) is 10.8 Å². The van der Waals surface area contributed by atoms with Crippen LogP contribution in [0.5, 0.6) is 0 Å². The summed E-state index contributed by atoms with van der Waals surface area (Å²) >= 11 is 0. The molecule has 0 saturated heterocycles. The average molecular weight is 202 g/mol. The molecule has 0 spiro atoms. The molecular formula is C8H14N2O4. The summed E-state index contributed by atoms with van der Waals surface area (Å²) in [6.07, 6.45) is 0.660. The maximum absolute atomic E-state index is 11.0. The first-order chi connectivity index (χ1) is 6.47. The fraction of sp³-hybridized carbons (Fsp3) is 0.625. The molecule has 6 heteroatoms. The molecule has 0 aliphatic heterocycles. The van der Waals surface area contributed by atoms with Crippen LogP contribution in [0.15, 0.2) is 0 Å². The van der Waals surface area contributed by atoms with E-state index in [-0.39, 0.29) is 18.7 Å². The van der Waals surface area contributed by atoms with Gasteiger partial charge >= 0.3 is 5.97 Å². The van der Waals surface area contributed by atoms with Crippen LogP contribution in [0.3, 0.4) is 0 Å². The van der Waals surface area contributed by atoms with E-state index in [1.807, 2.05) is 0 Å². The molecule has 0 aliphatic rings. The van der Waals surface area contributed by atoms with Crippen LogP contribution < -0.4 is 11.1 Å². The van der Waals surface area contributed by atoms with Gasteiger partial charge in [-0.3, -0.25) is 9.59 Å². The highest BCUT2D eigenvalue weighted by atomic mass is 16.4. The number of nitrogens with one attached hydrogen (secondary N) is 1. The van der Waals surface area contributed by atoms with Crippen LogP contribution in [0.25, 0.3) is 0 Å². The summed E-state index contributed by atoms with van der Waals surface area (Å²) < 4.78 is 0. The zero-order valence-electron chi connectivity index (χ0n) is 7.90. The fourth-order valence-electron chi connectivity index (χ4n) is 0.770. The Bertz CT molecular complexity index is 229. The van der Waals surface area contributed by atoms with Gasteiger partial charge in [-0.2, -0.15) is 0 Å². The van der Waals surface area contributed by atoms with Crippen molar-refractivity contribution in [1.82, 2.24) is 5.32 Å². The van der Waals surface area contributed by atoms with Gasteiger partial charge in [-0.1, -0.05) is 0 Å². The second kappa shape index (κ2) is 6.09. The van der Waals surface area contributed by atoms with Crippen molar-refractivity contribution in [2.75, 3.05) is 0 Å². The highest BCUT2D eigenvalue weighted by Gasteiger charge is 2.14. The van der Waals surface area contributed by atoms with Crippen molar-refractivity contribution in [2.24, 2.45) is 5.73 Å². The van der Waals surface area contributed by atoms with E-state index < -0.39 is 18.1 Å². The van der Waals surface area contributed by atoms with E-state index in [2.05, 4.69) is 5.32 Å². The quantitative estimate of drug-likeness (QED) is 0.473. The minimum absolute atomic E-state index is 0.00560. The lowest BCUT2D eigenvalue weighted by Crippen LogP contribution is -2.36. The fourth-order valence-corrected chi connectivity index (χ4v) is 0.770. The van der Waals surface area contributed by atoms with Gasteiger partial charge in [0.05, 0.1) is 6.04 Å².